The van der Waals surface area contributed by atoms with Crippen LogP contribution in [0.3, 0.4) is 0 Å². The molecule has 0 spiro atoms. The molecule has 0 unspecified atom stereocenters. The van der Waals surface area contributed by atoms with Gasteiger partial charge in [0, 0.05) is 73.9 Å². The van der Waals surface area contributed by atoms with Crippen molar-refractivity contribution in [3.05, 3.63) is 94.4 Å². The van der Waals surface area contributed by atoms with Gasteiger partial charge in [0.2, 0.25) is 10.0 Å². The Balaban J connectivity index is 1.36. The third-order valence-electron chi connectivity index (χ3n) is 8.32. The second kappa shape index (κ2) is 10.2. The van der Waals surface area contributed by atoms with E-state index in [1.54, 1.807) is 10.4 Å². The van der Waals surface area contributed by atoms with Crippen LogP contribution in [0.15, 0.2) is 82.5 Å². The van der Waals surface area contributed by atoms with Crippen LogP contribution in [-0.4, -0.2) is 63.5 Å². The van der Waals surface area contributed by atoms with E-state index in [9.17, 15) is 13.2 Å². The summed E-state index contributed by atoms with van der Waals surface area (Å²) in [5.74, 6) is 0.0617. The van der Waals surface area contributed by atoms with Crippen molar-refractivity contribution in [2.75, 3.05) is 46.2 Å². The number of nitrogens with zero attached hydrogens (tertiary/aromatic N) is 4. The molecule has 0 radical (unpaired) electrons. The molecule has 40 heavy (non-hydrogen) atoms. The fraction of sp³-hybridized carbons (Fsp3) is 0.344. The summed E-state index contributed by atoms with van der Waals surface area (Å²) in [5.41, 5.74) is 4.72. The number of hydrogen-bond donors (Lipinski definition) is 0. The van der Waals surface area contributed by atoms with E-state index in [4.69, 9.17) is 0 Å². The number of anilines is 1. The fourth-order valence-electron chi connectivity index (χ4n) is 6.58. The summed E-state index contributed by atoms with van der Waals surface area (Å²) >= 11 is 0. The summed E-state index contributed by atoms with van der Waals surface area (Å²) in [6.07, 6.45) is 0.891. The summed E-state index contributed by atoms with van der Waals surface area (Å²) in [4.78, 5) is 18.3. The number of fused-ring (bicyclic) bond motifs is 5. The van der Waals surface area contributed by atoms with Crippen LogP contribution in [0.1, 0.15) is 23.6 Å². The van der Waals surface area contributed by atoms with Gasteiger partial charge in [0.05, 0.1) is 4.90 Å². The molecule has 2 aliphatic rings. The average molecular weight is 557 g/mol. The maximum Gasteiger partial charge on any atom is 0.258 e. The smallest absolute Gasteiger partial charge is 0.258 e. The number of hydrogen-bond acceptors (Lipinski definition) is 5. The second-order valence-corrected chi connectivity index (χ2v) is 13.5. The van der Waals surface area contributed by atoms with Gasteiger partial charge in [-0.15, -0.1) is 0 Å². The van der Waals surface area contributed by atoms with Crippen molar-refractivity contribution in [3.63, 3.8) is 0 Å². The van der Waals surface area contributed by atoms with E-state index in [1.807, 2.05) is 98.3 Å². The molecule has 2 atom stereocenters. The summed E-state index contributed by atoms with van der Waals surface area (Å²) in [6, 6.07) is 23.4. The number of piperidine rings is 1. The molecule has 208 valence electrons. The molecular weight excluding hydrogens is 520 g/mol. The first-order valence-electron chi connectivity index (χ1n) is 13.8. The van der Waals surface area contributed by atoms with Crippen molar-refractivity contribution < 1.29 is 8.42 Å². The summed E-state index contributed by atoms with van der Waals surface area (Å²) < 4.78 is 31.8. The van der Waals surface area contributed by atoms with Gasteiger partial charge in [-0.2, -0.15) is 4.31 Å². The molecule has 7 nitrogen and oxygen atoms in total. The van der Waals surface area contributed by atoms with Gasteiger partial charge in [-0.1, -0.05) is 48.5 Å². The zero-order valence-electron chi connectivity index (χ0n) is 23.5. The summed E-state index contributed by atoms with van der Waals surface area (Å²) in [6.45, 7) is 2.06. The van der Waals surface area contributed by atoms with Crippen molar-refractivity contribution in [2.24, 2.45) is 5.92 Å². The highest BCUT2D eigenvalue weighted by Crippen LogP contribution is 2.39. The molecule has 1 aromatic heterocycles. The minimum Gasteiger partial charge on any atom is -0.377 e. The Morgan fingerprint density at radius 3 is 2.33 bits per heavy atom. The van der Waals surface area contributed by atoms with Crippen LogP contribution in [-0.2, 0) is 23.1 Å². The van der Waals surface area contributed by atoms with E-state index >= 15 is 0 Å². The van der Waals surface area contributed by atoms with Crippen LogP contribution in [0.4, 0.5) is 5.69 Å². The highest BCUT2D eigenvalue weighted by atomic mass is 32.2. The predicted molar refractivity (Wildman–Crippen MR) is 161 cm³/mol. The number of pyridine rings is 1. The largest absolute Gasteiger partial charge is 0.377 e. The van der Waals surface area contributed by atoms with Gasteiger partial charge in [0.1, 0.15) is 0 Å². The van der Waals surface area contributed by atoms with Crippen LogP contribution in [0.5, 0.6) is 0 Å². The molecule has 0 amide bonds. The van der Waals surface area contributed by atoms with Gasteiger partial charge in [0.25, 0.3) is 5.56 Å². The molecule has 0 aliphatic carbocycles. The summed E-state index contributed by atoms with van der Waals surface area (Å²) in [5, 5.41) is 1.66. The Bertz CT molecular complexity index is 1760. The lowest BCUT2D eigenvalue weighted by atomic mass is 9.83. The molecule has 0 N–H and O–H groups in total. The van der Waals surface area contributed by atoms with Crippen molar-refractivity contribution in [3.8, 4) is 11.1 Å². The van der Waals surface area contributed by atoms with E-state index in [0.29, 0.717) is 30.1 Å². The van der Waals surface area contributed by atoms with E-state index < -0.39 is 10.0 Å². The van der Waals surface area contributed by atoms with E-state index in [-0.39, 0.29) is 17.4 Å². The number of sulfonamides is 1. The van der Waals surface area contributed by atoms with Crippen LogP contribution in [0.2, 0.25) is 0 Å². The first kappa shape index (κ1) is 26.7. The zero-order chi connectivity index (χ0) is 28.2. The van der Waals surface area contributed by atoms with Crippen molar-refractivity contribution in [1.29, 1.82) is 0 Å². The first-order valence-corrected chi connectivity index (χ1v) is 15.2. The third kappa shape index (κ3) is 4.54. The molecule has 1 saturated heterocycles. The van der Waals surface area contributed by atoms with Gasteiger partial charge in [-0.3, -0.25) is 4.79 Å². The molecule has 2 aliphatic heterocycles. The van der Waals surface area contributed by atoms with Gasteiger partial charge in [-0.25, -0.2) is 8.42 Å². The molecule has 0 saturated carbocycles. The van der Waals surface area contributed by atoms with Crippen molar-refractivity contribution in [1.82, 2.24) is 13.8 Å². The van der Waals surface area contributed by atoms with Crippen LogP contribution in [0, 0.1) is 5.92 Å². The lowest BCUT2D eigenvalue weighted by molar-refractivity contribution is 0.186. The Labute approximate surface area is 236 Å². The minimum atomic E-state index is -3.73. The molecular formula is C32H36N4O3S. The van der Waals surface area contributed by atoms with Gasteiger partial charge < -0.3 is 14.4 Å². The quantitative estimate of drug-likeness (QED) is 0.347. The molecule has 2 bridgehead atoms. The minimum absolute atomic E-state index is 0.0139. The molecule has 3 heterocycles. The number of aromatic nitrogens is 1. The molecule has 8 heteroatoms. The van der Waals surface area contributed by atoms with Crippen LogP contribution in [0.25, 0.3) is 21.9 Å². The Morgan fingerprint density at radius 2 is 1.55 bits per heavy atom. The van der Waals surface area contributed by atoms with Crippen LogP contribution >= 0.6 is 0 Å². The van der Waals surface area contributed by atoms with E-state index in [2.05, 4.69) is 11.0 Å². The number of benzene rings is 3. The lowest BCUT2D eigenvalue weighted by Crippen LogP contribution is -2.49. The fourth-order valence-corrected chi connectivity index (χ4v) is 8.35. The summed E-state index contributed by atoms with van der Waals surface area (Å²) in [7, 11) is 4.25. The molecule has 1 fully saturated rings. The third-order valence-corrected chi connectivity index (χ3v) is 10.2. The van der Waals surface area contributed by atoms with E-state index in [0.717, 1.165) is 46.2 Å². The molecule has 4 aromatic rings. The predicted octanol–water partition coefficient (Wildman–Crippen LogP) is 4.60. The van der Waals surface area contributed by atoms with E-state index in [1.165, 1.54) is 0 Å². The highest BCUT2D eigenvalue weighted by Gasteiger charge is 2.40. The number of rotatable bonds is 6. The zero-order valence-corrected chi connectivity index (χ0v) is 24.4. The maximum atomic E-state index is 14.1. The van der Waals surface area contributed by atoms with Gasteiger partial charge in [-0.05, 0) is 61.8 Å². The normalized spacial score (nSPS) is 19.1. The maximum absolute atomic E-state index is 14.1. The Kier molecular flexibility index (Phi) is 6.81. The molecule has 6 rings (SSSR count). The molecule has 3 aromatic carbocycles. The SMILES string of the molecule is CN(C)Cc1ccccc1-c1ccc2n(c1=O)C[C@H]1C[C@@H]2CN(S(=O)(=O)c2cccc3c(N(C)C)cccc23)C1. The van der Waals surface area contributed by atoms with Gasteiger partial charge in [0.15, 0.2) is 0 Å². The monoisotopic (exact) mass is 556 g/mol. The topological polar surface area (TPSA) is 65.9 Å². The standard InChI is InChI=1S/C32H36N4O3S/c1-33(2)20-23-9-5-6-10-25(23)28-15-16-29-24-17-22(19-36(29)32(28)37)18-35(21-24)40(38,39)31-14-8-11-26-27(31)12-7-13-30(26)34(3)4/h5-16,22,24H,17-21H2,1-4H3/t22-,24+/m0/s1. The first-order chi connectivity index (χ1) is 19.1. The lowest BCUT2D eigenvalue weighted by Gasteiger charge is -2.42. The van der Waals surface area contributed by atoms with Crippen molar-refractivity contribution in [2.45, 2.75) is 30.3 Å². The Hall–Kier alpha value is -3.46. The highest BCUT2D eigenvalue weighted by molar-refractivity contribution is 7.89. The average Bonchev–Trinajstić information content (AvgIpc) is 2.93. The Morgan fingerprint density at radius 1 is 0.800 bits per heavy atom. The van der Waals surface area contributed by atoms with Crippen molar-refractivity contribution >= 4 is 26.5 Å². The van der Waals surface area contributed by atoms with Crippen LogP contribution < -0.4 is 10.5 Å². The second-order valence-electron chi connectivity index (χ2n) is 11.6. The van der Waals surface area contributed by atoms with Gasteiger partial charge >= 0.3 is 0 Å².